The van der Waals surface area contributed by atoms with Crippen LogP contribution >= 0.6 is 0 Å². The van der Waals surface area contributed by atoms with Gasteiger partial charge in [0.15, 0.2) is 5.88 Å². The third kappa shape index (κ3) is 3.51. The van der Waals surface area contributed by atoms with Crippen LogP contribution in [-0.2, 0) is 4.74 Å². The molecule has 1 saturated heterocycles. The molecule has 3 aromatic rings. The minimum Gasteiger partial charge on any atom is -0.494 e. The highest BCUT2D eigenvalue weighted by Gasteiger charge is 2.13. The van der Waals surface area contributed by atoms with E-state index in [0.717, 1.165) is 48.3 Å². The van der Waals surface area contributed by atoms with Crippen LogP contribution in [0.5, 0.6) is 5.88 Å². The van der Waals surface area contributed by atoms with Crippen LogP contribution in [0.3, 0.4) is 0 Å². The molecule has 0 atom stereocenters. The van der Waals surface area contributed by atoms with Crippen molar-refractivity contribution in [3.63, 3.8) is 0 Å². The van der Waals surface area contributed by atoms with Crippen molar-refractivity contribution >= 4 is 28.5 Å². The van der Waals surface area contributed by atoms with E-state index in [4.69, 9.17) is 4.74 Å². The zero-order chi connectivity index (χ0) is 17.1. The number of fused-ring (bicyclic) bond motifs is 1. The topological polar surface area (TPSA) is 69.6 Å². The van der Waals surface area contributed by atoms with Crippen molar-refractivity contribution in [2.45, 2.75) is 18.9 Å². The Kier molecular flexibility index (Phi) is 4.39. The molecule has 1 aliphatic heterocycles. The third-order valence-electron chi connectivity index (χ3n) is 4.53. The van der Waals surface area contributed by atoms with Gasteiger partial charge in [-0.15, -0.1) is 0 Å². The molecule has 0 bridgehead atoms. The summed E-state index contributed by atoms with van der Waals surface area (Å²) in [6, 6.07) is 16.3. The normalized spacial score (nSPS) is 15.8. The second kappa shape index (κ2) is 6.99. The molecule has 5 nitrogen and oxygen atoms in total. The molecule has 0 radical (unpaired) electrons. The number of hydrogen-bond donors (Lipinski definition) is 3. The van der Waals surface area contributed by atoms with Gasteiger partial charge in [0, 0.05) is 42.1 Å². The fourth-order valence-electron chi connectivity index (χ4n) is 3.14. The predicted octanol–water partition coefficient (Wildman–Crippen LogP) is 4.22. The second-order valence-corrected chi connectivity index (χ2v) is 6.27. The molecular formula is C20H21N3O2. The van der Waals surface area contributed by atoms with Gasteiger partial charge in [0.2, 0.25) is 0 Å². The molecule has 2 aromatic carbocycles. The number of aromatic amines is 1. The summed E-state index contributed by atoms with van der Waals surface area (Å²) in [5.74, 6) is 0.141. The van der Waals surface area contributed by atoms with Crippen LogP contribution in [-0.4, -0.2) is 35.6 Å². The number of H-pyrrole nitrogens is 1. The van der Waals surface area contributed by atoms with Gasteiger partial charge in [-0.25, -0.2) is 0 Å². The fourth-order valence-corrected chi connectivity index (χ4v) is 3.14. The summed E-state index contributed by atoms with van der Waals surface area (Å²) < 4.78 is 5.38. The summed E-state index contributed by atoms with van der Waals surface area (Å²) in [6.07, 6.45) is 3.79. The molecule has 4 rings (SSSR count). The van der Waals surface area contributed by atoms with Crippen molar-refractivity contribution in [2.75, 3.05) is 18.5 Å². The van der Waals surface area contributed by atoms with Gasteiger partial charge in [-0.1, -0.05) is 18.2 Å². The van der Waals surface area contributed by atoms with E-state index in [2.05, 4.69) is 15.3 Å². The average molecular weight is 335 g/mol. The smallest absolute Gasteiger partial charge is 0.198 e. The van der Waals surface area contributed by atoms with E-state index >= 15 is 0 Å². The molecule has 2 heterocycles. The molecule has 1 aromatic heterocycles. The monoisotopic (exact) mass is 335 g/mol. The van der Waals surface area contributed by atoms with Gasteiger partial charge in [0.1, 0.15) is 0 Å². The van der Waals surface area contributed by atoms with Crippen LogP contribution in [0.1, 0.15) is 18.4 Å². The minimum atomic E-state index is 0.141. The molecule has 128 valence electrons. The number of anilines is 1. The Morgan fingerprint density at radius 1 is 1.08 bits per heavy atom. The van der Waals surface area contributed by atoms with Crippen molar-refractivity contribution in [1.82, 2.24) is 4.98 Å². The summed E-state index contributed by atoms with van der Waals surface area (Å²) in [6.45, 7) is 1.66. The van der Waals surface area contributed by atoms with Crippen LogP contribution in [0.25, 0.3) is 10.9 Å². The van der Waals surface area contributed by atoms with Crippen molar-refractivity contribution in [2.24, 2.45) is 4.99 Å². The van der Waals surface area contributed by atoms with Gasteiger partial charge >= 0.3 is 0 Å². The molecule has 1 fully saturated rings. The SMILES string of the molecule is Oc1[nH]c2ccccc2c1C=Nc1ccc(NC2CCOCC2)cc1. The van der Waals surface area contributed by atoms with E-state index < -0.39 is 0 Å². The summed E-state index contributed by atoms with van der Waals surface area (Å²) in [7, 11) is 0. The maximum atomic E-state index is 10.1. The van der Waals surface area contributed by atoms with Gasteiger partial charge in [0.05, 0.1) is 11.3 Å². The summed E-state index contributed by atoms with van der Waals surface area (Å²) in [5.41, 5.74) is 3.56. The number of benzene rings is 2. The van der Waals surface area contributed by atoms with Crippen LogP contribution in [0.2, 0.25) is 0 Å². The molecule has 1 aliphatic rings. The Bertz CT molecular complexity index is 878. The summed E-state index contributed by atoms with van der Waals surface area (Å²) >= 11 is 0. The summed E-state index contributed by atoms with van der Waals surface area (Å²) in [4.78, 5) is 7.46. The van der Waals surface area contributed by atoms with Gasteiger partial charge < -0.3 is 20.1 Å². The standard InChI is InChI=1S/C20H21N3O2/c24-20-18(17-3-1-2-4-19(17)23-20)13-21-14-5-7-15(8-6-14)22-16-9-11-25-12-10-16/h1-8,13,16,22-24H,9-12H2. The fraction of sp³-hybridized carbons (Fsp3) is 0.250. The largest absolute Gasteiger partial charge is 0.494 e. The quantitative estimate of drug-likeness (QED) is 0.625. The Balaban J connectivity index is 1.48. The highest BCUT2D eigenvalue weighted by molar-refractivity contribution is 6.02. The predicted molar refractivity (Wildman–Crippen MR) is 101 cm³/mol. The van der Waals surface area contributed by atoms with Crippen LogP contribution in [0, 0.1) is 0 Å². The number of aromatic nitrogens is 1. The second-order valence-electron chi connectivity index (χ2n) is 6.27. The lowest BCUT2D eigenvalue weighted by Gasteiger charge is -2.24. The number of nitrogens with zero attached hydrogens (tertiary/aromatic N) is 1. The molecular weight excluding hydrogens is 314 g/mol. The first-order valence-corrected chi connectivity index (χ1v) is 8.58. The van der Waals surface area contributed by atoms with Gasteiger partial charge in [-0.05, 0) is 43.2 Å². The maximum absolute atomic E-state index is 10.1. The number of aliphatic imine (C=N–C) groups is 1. The first kappa shape index (κ1) is 15.7. The van der Waals surface area contributed by atoms with E-state index in [1.165, 1.54) is 0 Å². The third-order valence-corrected chi connectivity index (χ3v) is 4.53. The van der Waals surface area contributed by atoms with E-state index in [9.17, 15) is 5.11 Å². The lowest BCUT2D eigenvalue weighted by molar-refractivity contribution is 0.0904. The minimum absolute atomic E-state index is 0.141. The van der Waals surface area contributed by atoms with E-state index in [-0.39, 0.29) is 5.88 Å². The maximum Gasteiger partial charge on any atom is 0.198 e. The lowest BCUT2D eigenvalue weighted by atomic mass is 10.1. The molecule has 0 amide bonds. The number of aromatic hydroxyl groups is 1. The number of ether oxygens (including phenoxy) is 1. The molecule has 5 heteroatoms. The van der Waals surface area contributed by atoms with Gasteiger partial charge in [0.25, 0.3) is 0 Å². The highest BCUT2D eigenvalue weighted by atomic mass is 16.5. The van der Waals surface area contributed by atoms with Crippen molar-refractivity contribution in [3.05, 3.63) is 54.1 Å². The van der Waals surface area contributed by atoms with Crippen molar-refractivity contribution < 1.29 is 9.84 Å². The van der Waals surface area contributed by atoms with Crippen molar-refractivity contribution in [3.8, 4) is 5.88 Å². The van der Waals surface area contributed by atoms with E-state index in [1.54, 1.807) is 6.21 Å². The molecule has 0 saturated carbocycles. The highest BCUT2D eigenvalue weighted by Crippen LogP contribution is 2.26. The molecule has 3 N–H and O–H groups in total. The number of rotatable bonds is 4. The van der Waals surface area contributed by atoms with Gasteiger partial charge in [-0.3, -0.25) is 4.99 Å². The van der Waals surface area contributed by atoms with Crippen LogP contribution in [0.4, 0.5) is 11.4 Å². The van der Waals surface area contributed by atoms with Crippen LogP contribution in [0.15, 0.2) is 53.5 Å². The van der Waals surface area contributed by atoms with Crippen LogP contribution < -0.4 is 5.32 Å². The Labute approximate surface area is 146 Å². The number of hydrogen-bond acceptors (Lipinski definition) is 4. The summed E-state index contributed by atoms with van der Waals surface area (Å²) in [5, 5.41) is 14.6. The van der Waals surface area contributed by atoms with Crippen molar-refractivity contribution in [1.29, 1.82) is 0 Å². The molecule has 0 unspecified atom stereocenters. The Hall–Kier alpha value is -2.79. The first-order valence-electron chi connectivity index (χ1n) is 8.58. The zero-order valence-corrected chi connectivity index (χ0v) is 13.9. The number of nitrogens with one attached hydrogen (secondary N) is 2. The Morgan fingerprint density at radius 2 is 1.84 bits per heavy atom. The van der Waals surface area contributed by atoms with E-state index in [1.807, 2.05) is 48.5 Å². The Morgan fingerprint density at radius 3 is 2.64 bits per heavy atom. The van der Waals surface area contributed by atoms with E-state index in [0.29, 0.717) is 11.6 Å². The average Bonchev–Trinajstić information content (AvgIpc) is 2.97. The zero-order valence-electron chi connectivity index (χ0n) is 13.9. The van der Waals surface area contributed by atoms with Gasteiger partial charge in [-0.2, -0.15) is 0 Å². The number of para-hydroxylation sites is 1. The lowest BCUT2D eigenvalue weighted by Crippen LogP contribution is -2.27. The molecule has 0 spiro atoms. The first-order chi connectivity index (χ1) is 12.3. The molecule has 25 heavy (non-hydrogen) atoms. The molecule has 0 aliphatic carbocycles.